The molecule has 1 fully saturated rings. The Morgan fingerprint density at radius 2 is 2.10 bits per heavy atom. The minimum atomic E-state index is -3.67. The molecule has 1 saturated carbocycles. The van der Waals surface area contributed by atoms with E-state index in [2.05, 4.69) is 0 Å². The Balaban J connectivity index is 2.37. The van der Waals surface area contributed by atoms with Crippen molar-refractivity contribution in [2.45, 2.75) is 24.7 Å². The van der Waals surface area contributed by atoms with E-state index in [9.17, 15) is 13.2 Å². The fourth-order valence-electron chi connectivity index (χ4n) is 1.96. The van der Waals surface area contributed by atoms with Crippen LogP contribution in [0, 0.1) is 5.92 Å². The molecule has 1 aliphatic carbocycles. The zero-order chi connectivity index (χ0) is 14.9. The number of carboxylic acids is 1. The van der Waals surface area contributed by atoms with Gasteiger partial charge in [-0.2, -0.15) is 4.31 Å². The maximum atomic E-state index is 12.5. The first-order chi connectivity index (χ1) is 9.36. The molecule has 5 nitrogen and oxygen atoms in total. The lowest BCUT2D eigenvalue weighted by atomic mass is 10.2. The fraction of sp³-hybridized carbons (Fsp3) is 0.462. The standard InChI is InChI=1S/C13H16ClNO4S/c1-2-15(8-9-3-4-9)20(18,19)10-5-6-12(14)11(7-10)13(16)17/h5-7,9H,2-4,8H2,1H3,(H,16,17). The van der Waals surface area contributed by atoms with E-state index in [0.29, 0.717) is 19.0 Å². The van der Waals surface area contributed by atoms with Crippen molar-refractivity contribution in [2.24, 2.45) is 5.92 Å². The summed E-state index contributed by atoms with van der Waals surface area (Å²) in [4.78, 5) is 11.0. The molecule has 0 amide bonds. The molecule has 0 saturated heterocycles. The van der Waals surface area contributed by atoms with Crippen molar-refractivity contribution >= 4 is 27.6 Å². The summed E-state index contributed by atoms with van der Waals surface area (Å²) in [6, 6.07) is 3.78. The minimum Gasteiger partial charge on any atom is -0.478 e. The third kappa shape index (κ3) is 3.13. The van der Waals surface area contributed by atoms with Crippen molar-refractivity contribution in [1.82, 2.24) is 4.31 Å². The zero-order valence-electron chi connectivity index (χ0n) is 11.0. The number of sulfonamides is 1. The molecule has 1 aliphatic rings. The average molecular weight is 318 g/mol. The van der Waals surface area contributed by atoms with Crippen LogP contribution in [0.1, 0.15) is 30.1 Å². The molecule has 2 rings (SSSR count). The third-order valence-electron chi connectivity index (χ3n) is 3.32. The van der Waals surface area contributed by atoms with Crippen LogP contribution in [0.5, 0.6) is 0 Å². The molecule has 0 bridgehead atoms. The van der Waals surface area contributed by atoms with Crippen molar-refractivity contribution in [3.05, 3.63) is 28.8 Å². The first-order valence-corrected chi connectivity index (χ1v) is 8.21. The van der Waals surface area contributed by atoms with E-state index in [-0.39, 0.29) is 15.5 Å². The quantitative estimate of drug-likeness (QED) is 0.874. The number of halogens is 1. The second kappa shape index (κ2) is 5.71. The van der Waals surface area contributed by atoms with Crippen LogP contribution in [0.4, 0.5) is 0 Å². The van der Waals surface area contributed by atoms with Gasteiger partial charge in [0.25, 0.3) is 0 Å². The summed E-state index contributed by atoms with van der Waals surface area (Å²) in [5.74, 6) is -0.812. The summed E-state index contributed by atoms with van der Waals surface area (Å²) in [5, 5.41) is 9.04. The van der Waals surface area contributed by atoms with Crippen LogP contribution in [-0.4, -0.2) is 36.9 Å². The Morgan fingerprint density at radius 1 is 1.45 bits per heavy atom. The number of benzene rings is 1. The lowest BCUT2D eigenvalue weighted by molar-refractivity contribution is 0.0697. The minimum absolute atomic E-state index is 0.0261. The normalized spacial score (nSPS) is 15.6. The lowest BCUT2D eigenvalue weighted by Gasteiger charge is -2.20. The van der Waals surface area contributed by atoms with Gasteiger partial charge in [-0.3, -0.25) is 0 Å². The van der Waals surface area contributed by atoms with Crippen molar-refractivity contribution in [3.63, 3.8) is 0 Å². The van der Waals surface area contributed by atoms with Gasteiger partial charge in [0.1, 0.15) is 0 Å². The van der Waals surface area contributed by atoms with Gasteiger partial charge in [-0.1, -0.05) is 18.5 Å². The summed E-state index contributed by atoms with van der Waals surface area (Å²) >= 11 is 5.76. The summed E-state index contributed by atoms with van der Waals surface area (Å²) < 4.78 is 26.4. The van der Waals surface area contributed by atoms with E-state index in [4.69, 9.17) is 16.7 Å². The van der Waals surface area contributed by atoms with E-state index in [1.165, 1.54) is 16.4 Å². The first-order valence-electron chi connectivity index (χ1n) is 6.39. The highest BCUT2D eigenvalue weighted by molar-refractivity contribution is 7.89. The molecule has 20 heavy (non-hydrogen) atoms. The van der Waals surface area contributed by atoms with Gasteiger partial charge in [0, 0.05) is 13.1 Å². The predicted molar refractivity (Wildman–Crippen MR) is 75.6 cm³/mol. The molecule has 1 aromatic carbocycles. The molecule has 0 spiro atoms. The van der Waals surface area contributed by atoms with Gasteiger partial charge in [0.2, 0.25) is 10.0 Å². The van der Waals surface area contributed by atoms with Crippen LogP contribution in [0.25, 0.3) is 0 Å². The number of hydrogen-bond acceptors (Lipinski definition) is 3. The highest BCUT2D eigenvalue weighted by Gasteiger charge is 2.31. The maximum absolute atomic E-state index is 12.5. The maximum Gasteiger partial charge on any atom is 0.337 e. The molecule has 0 atom stereocenters. The third-order valence-corrected chi connectivity index (χ3v) is 5.58. The van der Waals surface area contributed by atoms with Crippen molar-refractivity contribution in [1.29, 1.82) is 0 Å². The van der Waals surface area contributed by atoms with E-state index < -0.39 is 16.0 Å². The molecule has 7 heteroatoms. The van der Waals surface area contributed by atoms with Crippen LogP contribution in [-0.2, 0) is 10.0 Å². The molecule has 110 valence electrons. The topological polar surface area (TPSA) is 74.7 Å². The smallest absolute Gasteiger partial charge is 0.337 e. The molecule has 1 N–H and O–H groups in total. The van der Waals surface area contributed by atoms with Crippen LogP contribution in [0.3, 0.4) is 0 Å². The van der Waals surface area contributed by atoms with Gasteiger partial charge in [0.05, 0.1) is 15.5 Å². The molecule has 0 aliphatic heterocycles. The van der Waals surface area contributed by atoms with Gasteiger partial charge >= 0.3 is 5.97 Å². The molecule has 0 aromatic heterocycles. The monoisotopic (exact) mass is 317 g/mol. The summed E-state index contributed by atoms with van der Waals surface area (Å²) in [6.07, 6.45) is 2.10. The van der Waals surface area contributed by atoms with Gasteiger partial charge in [-0.25, -0.2) is 13.2 Å². The van der Waals surface area contributed by atoms with Crippen LogP contribution in [0.15, 0.2) is 23.1 Å². The van der Waals surface area contributed by atoms with E-state index >= 15 is 0 Å². The summed E-state index contributed by atoms with van der Waals surface area (Å²) in [6.45, 7) is 2.63. The Morgan fingerprint density at radius 3 is 2.60 bits per heavy atom. The van der Waals surface area contributed by atoms with Gasteiger partial charge in [-0.15, -0.1) is 0 Å². The number of carboxylic acid groups (broad SMARTS) is 1. The summed E-state index contributed by atoms with van der Waals surface area (Å²) in [5.41, 5.74) is -0.199. The van der Waals surface area contributed by atoms with Gasteiger partial charge < -0.3 is 5.11 Å². The fourth-order valence-corrected chi connectivity index (χ4v) is 3.71. The Bertz CT molecular complexity index is 625. The second-order valence-electron chi connectivity index (χ2n) is 4.85. The predicted octanol–water partition coefficient (Wildman–Crippen LogP) is 2.46. The van der Waals surface area contributed by atoms with Gasteiger partial charge in [-0.05, 0) is 37.0 Å². The van der Waals surface area contributed by atoms with E-state index in [1.54, 1.807) is 6.92 Å². The van der Waals surface area contributed by atoms with E-state index in [1.807, 2.05) is 0 Å². The second-order valence-corrected chi connectivity index (χ2v) is 7.19. The molecule has 0 heterocycles. The Labute approximate surface area is 123 Å². The van der Waals surface area contributed by atoms with Crippen LogP contribution >= 0.6 is 11.6 Å². The average Bonchev–Trinajstić information content (AvgIpc) is 3.19. The van der Waals surface area contributed by atoms with E-state index in [0.717, 1.165) is 18.9 Å². The SMILES string of the molecule is CCN(CC1CC1)S(=O)(=O)c1ccc(Cl)c(C(=O)O)c1. The number of nitrogens with zero attached hydrogens (tertiary/aromatic N) is 1. The number of hydrogen-bond donors (Lipinski definition) is 1. The number of rotatable bonds is 6. The number of carbonyl (C=O) groups is 1. The van der Waals surface area contributed by atoms with Crippen molar-refractivity contribution in [2.75, 3.05) is 13.1 Å². The van der Waals surface area contributed by atoms with Gasteiger partial charge in [0.15, 0.2) is 0 Å². The Hall–Kier alpha value is -1.11. The first kappa shape index (κ1) is 15.3. The summed E-state index contributed by atoms with van der Waals surface area (Å²) in [7, 11) is -3.67. The van der Waals surface area contributed by atoms with Crippen molar-refractivity contribution in [3.8, 4) is 0 Å². The van der Waals surface area contributed by atoms with Crippen molar-refractivity contribution < 1.29 is 18.3 Å². The largest absolute Gasteiger partial charge is 0.478 e. The molecule has 0 radical (unpaired) electrons. The molecule has 1 aromatic rings. The molecule has 0 unspecified atom stereocenters. The highest BCUT2D eigenvalue weighted by atomic mass is 35.5. The molecular formula is C13H16ClNO4S. The van der Waals surface area contributed by atoms with Crippen LogP contribution < -0.4 is 0 Å². The van der Waals surface area contributed by atoms with Crippen LogP contribution in [0.2, 0.25) is 5.02 Å². The zero-order valence-corrected chi connectivity index (χ0v) is 12.6. The number of aromatic carboxylic acids is 1. The lowest BCUT2D eigenvalue weighted by Crippen LogP contribution is -2.32. The molecular weight excluding hydrogens is 302 g/mol. The highest BCUT2D eigenvalue weighted by Crippen LogP contribution is 2.32. The Kier molecular flexibility index (Phi) is 4.36.